The van der Waals surface area contributed by atoms with Crippen LogP contribution in [-0.4, -0.2) is 19.0 Å². The molecule has 2 bridgehead atoms. The van der Waals surface area contributed by atoms with E-state index in [1.54, 1.807) is 6.07 Å². The summed E-state index contributed by atoms with van der Waals surface area (Å²) in [4.78, 5) is 0. The van der Waals surface area contributed by atoms with Crippen molar-refractivity contribution >= 4 is 0 Å². The van der Waals surface area contributed by atoms with Gasteiger partial charge in [0.25, 0.3) is 0 Å². The summed E-state index contributed by atoms with van der Waals surface area (Å²) < 4.78 is 55.1. The number of benzene rings is 1. The third-order valence-electron chi connectivity index (χ3n) is 6.20. The first-order valence-electron chi connectivity index (χ1n) is 9.68. The smallest absolute Gasteiger partial charge is 0.416 e. The van der Waals surface area contributed by atoms with E-state index < -0.39 is 28.9 Å². The highest BCUT2D eigenvalue weighted by molar-refractivity contribution is 5.48. The molecule has 1 aromatic heterocycles. The van der Waals surface area contributed by atoms with E-state index in [4.69, 9.17) is 9.47 Å². The highest BCUT2D eigenvalue weighted by atomic mass is 35.5. The fourth-order valence-electron chi connectivity index (χ4n) is 5.22. The first-order valence-corrected chi connectivity index (χ1v) is 9.68. The number of fused-ring (bicyclic) bond motifs is 1. The SMILES string of the molecule is CCOC1(OCC)C2c3cc(C(F)(F)F)ccc3C([n+]3ccccc32)C1(C)C.[Cl-]. The number of aromatic nitrogens is 1. The Labute approximate surface area is 175 Å². The largest absolute Gasteiger partial charge is 1.00 e. The number of rotatable bonds is 4. The van der Waals surface area contributed by atoms with Crippen molar-refractivity contribution in [2.24, 2.45) is 5.41 Å². The number of halogens is 4. The Morgan fingerprint density at radius 2 is 1.66 bits per heavy atom. The van der Waals surface area contributed by atoms with Crippen LogP contribution in [0.3, 0.4) is 0 Å². The molecule has 5 rings (SSSR count). The number of alkyl halides is 3. The maximum absolute atomic E-state index is 13.5. The van der Waals surface area contributed by atoms with Gasteiger partial charge in [0.2, 0.25) is 0 Å². The summed E-state index contributed by atoms with van der Waals surface area (Å²) in [5, 5.41) is 0. The van der Waals surface area contributed by atoms with Crippen LogP contribution in [0.15, 0.2) is 42.6 Å². The van der Waals surface area contributed by atoms with Gasteiger partial charge in [-0.3, -0.25) is 0 Å². The number of ether oxygens (including phenoxy) is 2. The molecule has 0 saturated carbocycles. The van der Waals surface area contributed by atoms with Gasteiger partial charge in [0.1, 0.15) is 5.92 Å². The summed E-state index contributed by atoms with van der Waals surface area (Å²) in [5.74, 6) is -1.49. The van der Waals surface area contributed by atoms with E-state index in [2.05, 4.69) is 18.4 Å². The van der Waals surface area contributed by atoms with Crippen molar-refractivity contribution in [3.8, 4) is 0 Å². The monoisotopic (exact) mass is 427 g/mol. The van der Waals surface area contributed by atoms with Crippen LogP contribution in [0.25, 0.3) is 0 Å². The van der Waals surface area contributed by atoms with Gasteiger partial charge in [-0.15, -0.1) is 0 Å². The molecule has 2 aliphatic heterocycles. The lowest BCUT2D eigenvalue weighted by Gasteiger charge is -2.57. The second kappa shape index (κ2) is 7.25. The quantitative estimate of drug-likeness (QED) is 0.549. The Morgan fingerprint density at radius 1 is 1.00 bits per heavy atom. The van der Waals surface area contributed by atoms with E-state index in [-0.39, 0.29) is 18.4 Å². The van der Waals surface area contributed by atoms with Gasteiger partial charge in [-0.1, -0.05) is 12.1 Å². The summed E-state index contributed by atoms with van der Waals surface area (Å²) in [7, 11) is 0. The van der Waals surface area contributed by atoms with Crippen molar-refractivity contribution in [3.63, 3.8) is 0 Å². The van der Waals surface area contributed by atoms with Crippen molar-refractivity contribution in [3.05, 3.63) is 65.0 Å². The lowest BCUT2D eigenvalue weighted by molar-refractivity contribution is -0.755. The Kier molecular flexibility index (Phi) is 5.52. The molecular weight excluding hydrogens is 403 g/mol. The Bertz CT molecular complexity index is 907. The van der Waals surface area contributed by atoms with Gasteiger partial charge in [0.15, 0.2) is 23.7 Å². The van der Waals surface area contributed by atoms with Crippen molar-refractivity contribution in [1.29, 1.82) is 0 Å². The lowest BCUT2D eigenvalue weighted by Crippen LogP contribution is -3.00. The fourth-order valence-corrected chi connectivity index (χ4v) is 5.22. The van der Waals surface area contributed by atoms with Gasteiger partial charge in [0.05, 0.1) is 11.0 Å². The van der Waals surface area contributed by atoms with Gasteiger partial charge in [-0.2, -0.15) is 17.7 Å². The van der Waals surface area contributed by atoms with E-state index >= 15 is 0 Å². The van der Waals surface area contributed by atoms with E-state index in [0.29, 0.717) is 18.8 Å². The summed E-state index contributed by atoms with van der Waals surface area (Å²) >= 11 is 0. The highest BCUT2D eigenvalue weighted by Crippen LogP contribution is 2.62. The van der Waals surface area contributed by atoms with Crippen LogP contribution in [-0.2, 0) is 15.7 Å². The highest BCUT2D eigenvalue weighted by Gasteiger charge is 2.70. The molecule has 0 fully saturated rings. The molecule has 2 atom stereocenters. The van der Waals surface area contributed by atoms with Gasteiger partial charge >= 0.3 is 6.18 Å². The Balaban J connectivity index is 0.00000240. The molecule has 0 saturated heterocycles. The topological polar surface area (TPSA) is 22.3 Å². The number of hydrogen-bond acceptors (Lipinski definition) is 2. The summed E-state index contributed by atoms with van der Waals surface area (Å²) in [6, 6.07) is 9.73. The molecule has 158 valence electrons. The van der Waals surface area contributed by atoms with Crippen LogP contribution in [0.4, 0.5) is 13.2 Å². The molecule has 3 nitrogen and oxygen atoms in total. The van der Waals surface area contributed by atoms with Gasteiger partial charge < -0.3 is 21.9 Å². The van der Waals surface area contributed by atoms with E-state index in [1.807, 2.05) is 38.2 Å². The molecule has 3 heterocycles. The van der Waals surface area contributed by atoms with Crippen LogP contribution in [0, 0.1) is 5.41 Å². The minimum absolute atomic E-state index is 0. The molecule has 1 aromatic carbocycles. The zero-order chi connectivity index (χ0) is 20.3. The number of hydrogen-bond donors (Lipinski definition) is 0. The molecule has 29 heavy (non-hydrogen) atoms. The van der Waals surface area contributed by atoms with Crippen LogP contribution < -0.4 is 17.0 Å². The fraction of sp³-hybridized carbons (Fsp3) is 0.500. The second-order valence-corrected chi connectivity index (χ2v) is 7.96. The molecule has 0 radical (unpaired) electrons. The zero-order valence-electron chi connectivity index (χ0n) is 16.9. The maximum atomic E-state index is 13.5. The third-order valence-corrected chi connectivity index (χ3v) is 6.20. The lowest BCUT2D eigenvalue weighted by atomic mass is 9.57. The maximum Gasteiger partial charge on any atom is 0.416 e. The standard InChI is InChI=1S/C22H25F3NO2.ClH/c1-5-27-21(28-6-2)18-16-13-14(22(23,24)25)10-11-15(16)19(20(21,3)4)26-12-8-7-9-17(18)26;/h7-13,18-19H,5-6H2,1-4H3;1H/q+1;/p-1. The van der Waals surface area contributed by atoms with Crippen molar-refractivity contribution < 1.29 is 39.6 Å². The summed E-state index contributed by atoms with van der Waals surface area (Å²) in [5.41, 5.74) is 1.34. The molecule has 7 heteroatoms. The van der Waals surface area contributed by atoms with Gasteiger partial charge in [-0.25, -0.2) is 0 Å². The van der Waals surface area contributed by atoms with Crippen molar-refractivity contribution in [1.82, 2.24) is 0 Å². The number of nitrogens with zero attached hydrogens (tertiary/aromatic N) is 1. The summed E-state index contributed by atoms with van der Waals surface area (Å²) in [6.07, 6.45) is -2.40. The Morgan fingerprint density at radius 3 is 2.24 bits per heavy atom. The molecular formula is C22H25ClF3NO2. The zero-order valence-corrected chi connectivity index (χ0v) is 17.6. The minimum Gasteiger partial charge on any atom is -1.00 e. The van der Waals surface area contributed by atoms with E-state index in [0.717, 1.165) is 11.3 Å². The number of pyridine rings is 1. The second-order valence-electron chi connectivity index (χ2n) is 7.96. The predicted octanol–water partition coefficient (Wildman–Crippen LogP) is 1.84. The minimum atomic E-state index is -4.40. The van der Waals surface area contributed by atoms with Crippen molar-refractivity contribution in [2.75, 3.05) is 13.2 Å². The average molecular weight is 428 g/mol. The van der Waals surface area contributed by atoms with Crippen LogP contribution in [0.5, 0.6) is 0 Å². The normalized spacial score (nSPS) is 23.1. The van der Waals surface area contributed by atoms with E-state index in [9.17, 15) is 13.2 Å². The average Bonchev–Trinajstić information content (AvgIpc) is 2.63. The van der Waals surface area contributed by atoms with Gasteiger partial charge in [-0.05, 0) is 45.4 Å². The molecule has 0 amide bonds. The molecule has 2 aromatic rings. The molecule has 0 N–H and O–H groups in total. The molecule has 3 aliphatic rings. The summed E-state index contributed by atoms with van der Waals surface area (Å²) in [6.45, 7) is 8.77. The van der Waals surface area contributed by atoms with E-state index in [1.165, 1.54) is 12.1 Å². The molecule has 0 spiro atoms. The molecule has 1 aliphatic carbocycles. The Hall–Kier alpha value is -1.63. The van der Waals surface area contributed by atoms with Crippen LogP contribution >= 0.6 is 0 Å². The predicted molar refractivity (Wildman–Crippen MR) is 97.8 cm³/mol. The first-order chi connectivity index (χ1) is 13.2. The third kappa shape index (κ3) is 2.91. The van der Waals surface area contributed by atoms with Gasteiger partial charge in [0, 0.05) is 30.9 Å². The van der Waals surface area contributed by atoms with Crippen molar-refractivity contribution in [2.45, 2.75) is 51.6 Å². The molecule has 2 unspecified atom stereocenters. The first kappa shape index (κ1) is 22.1. The van der Waals surface area contributed by atoms with Crippen LogP contribution in [0.2, 0.25) is 0 Å². The van der Waals surface area contributed by atoms with Crippen LogP contribution in [0.1, 0.15) is 62.0 Å².